The molecule has 5 nitrogen and oxygen atoms in total. The number of nitrogens with zero attached hydrogens (tertiary/aromatic N) is 4. The van der Waals surface area contributed by atoms with Crippen molar-refractivity contribution < 1.29 is 9.13 Å². The third-order valence-electron chi connectivity index (χ3n) is 3.00. The van der Waals surface area contributed by atoms with E-state index in [1.165, 1.54) is 17.4 Å². The van der Waals surface area contributed by atoms with Gasteiger partial charge in [0.15, 0.2) is 11.6 Å². The number of aryl methyl sites for hydroxylation is 1. The first kappa shape index (κ1) is 13.8. The number of imidazole rings is 1. The number of hydrogen-bond donors (Lipinski definition) is 0. The Bertz CT molecular complexity index is 723. The third-order valence-corrected chi connectivity index (χ3v) is 4.04. The van der Waals surface area contributed by atoms with Gasteiger partial charge in [-0.2, -0.15) is 0 Å². The quantitative estimate of drug-likeness (QED) is 0.727. The first-order chi connectivity index (χ1) is 10.1. The average molecular weight is 306 g/mol. The number of rotatable bonds is 5. The number of fused-ring (bicyclic) bond motifs is 1. The van der Waals surface area contributed by atoms with Crippen molar-refractivity contribution in [1.29, 1.82) is 0 Å². The molecule has 0 N–H and O–H groups in total. The van der Waals surface area contributed by atoms with Gasteiger partial charge in [-0.15, -0.1) is 5.10 Å². The lowest BCUT2D eigenvalue weighted by Crippen LogP contribution is -2.23. The number of ether oxygens (including phenoxy) is 1. The van der Waals surface area contributed by atoms with Crippen LogP contribution in [0.15, 0.2) is 30.5 Å². The number of benzene rings is 1. The van der Waals surface area contributed by atoms with E-state index in [1.54, 1.807) is 22.7 Å². The van der Waals surface area contributed by atoms with Crippen molar-refractivity contribution in [2.24, 2.45) is 0 Å². The fourth-order valence-corrected chi connectivity index (χ4v) is 2.82. The Kier molecular flexibility index (Phi) is 3.74. The van der Waals surface area contributed by atoms with Gasteiger partial charge >= 0.3 is 0 Å². The molecule has 1 aromatic carbocycles. The lowest BCUT2D eigenvalue weighted by molar-refractivity contribution is 0.309. The molecular weight excluding hydrogens is 291 g/mol. The molecule has 0 aliphatic carbocycles. The van der Waals surface area contributed by atoms with Gasteiger partial charge in [0.2, 0.25) is 10.1 Å². The first-order valence-corrected chi connectivity index (χ1v) is 7.36. The summed E-state index contributed by atoms with van der Waals surface area (Å²) in [5.74, 6) is -0.0705. The molecule has 0 bridgehead atoms. The maximum Gasteiger partial charge on any atom is 0.214 e. The van der Waals surface area contributed by atoms with Crippen LogP contribution < -0.4 is 9.64 Å². The summed E-state index contributed by atoms with van der Waals surface area (Å²) >= 11 is 1.51. The Balaban J connectivity index is 1.59. The van der Waals surface area contributed by atoms with Crippen LogP contribution in [0.4, 0.5) is 9.52 Å². The van der Waals surface area contributed by atoms with Crippen LogP contribution in [0.1, 0.15) is 5.69 Å². The van der Waals surface area contributed by atoms with Gasteiger partial charge in [-0.3, -0.25) is 0 Å². The molecule has 2 heterocycles. The third kappa shape index (κ3) is 2.97. The topological polar surface area (TPSA) is 42.7 Å². The number of aromatic nitrogens is 3. The maximum atomic E-state index is 13.4. The summed E-state index contributed by atoms with van der Waals surface area (Å²) in [7, 11) is 1.93. The van der Waals surface area contributed by atoms with Gasteiger partial charge in [0.05, 0.1) is 18.4 Å². The molecule has 0 spiro atoms. The second-order valence-electron chi connectivity index (χ2n) is 4.69. The van der Waals surface area contributed by atoms with E-state index >= 15 is 0 Å². The molecule has 0 aliphatic rings. The van der Waals surface area contributed by atoms with E-state index in [9.17, 15) is 4.39 Å². The molecule has 21 heavy (non-hydrogen) atoms. The molecule has 0 unspecified atom stereocenters. The highest BCUT2D eigenvalue weighted by molar-refractivity contribution is 7.20. The molecule has 2 aromatic heterocycles. The second-order valence-corrected chi connectivity index (χ2v) is 5.63. The van der Waals surface area contributed by atoms with Gasteiger partial charge in [-0.05, 0) is 19.1 Å². The molecule has 0 atom stereocenters. The van der Waals surface area contributed by atoms with Crippen LogP contribution in [0.25, 0.3) is 4.96 Å². The predicted octanol–water partition coefficient (Wildman–Crippen LogP) is 2.75. The average Bonchev–Trinajstić information content (AvgIpc) is 2.98. The molecule has 3 aromatic rings. The van der Waals surface area contributed by atoms with Crippen molar-refractivity contribution in [2.75, 3.05) is 25.1 Å². The van der Waals surface area contributed by atoms with Gasteiger partial charge in [-0.25, -0.2) is 13.9 Å². The van der Waals surface area contributed by atoms with Crippen LogP contribution in [0, 0.1) is 12.7 Å². The zero-order chi connectivity index (χ0) is 14.8. The number of anilines is 1. The largest absolute Gasteiger partial charge is 0.489 e. The van der Waals surface area contributed by atoms with Crippen molar-refractivity contribution in [3.63, 3.8) is 0 Å². The fourth-order valence-electron chi connectivity index (χ4n) is 1.90. The minimum absolute atomic E-state index is 0.274. The smallest absolute Gasteiger partial charge is 0.214 e. The normalized spacial score (nSPS) is 11.0. The molecule has 0 saturated heterocycles. The monoisotopic (exact) mass is 306 g/mol. The van der Waals surface area contributed by atoms with E-state index in [4.69, 9.17) is 4.74 Å². The number of hydrogen-bond acceptors (Lipinski definition) is 5. The zero-order valence-corrected chi connectivity index (χ0v) is 12.6. The van der Waals surface area contributed by atoms with Crippen molar-refractivity contribution in [2.45, 2.75) is 6.92 Å². The minimum Gasteiger partial charge on any atom is -0.489 e. The molecule has 7 heteroatoms. The van der Waals surface area contributed by atoms with E-state index in [2.05, 4.69) is 10.1 Å². The number of para-hydroxylation sites is 1. The van der Waals surface area contributed by atoms with Gasteiger partial charge < -0.3 is 9.64 Å². The van der Waals surface area contributed by atoms with Crippen molar-refractivity contribution in [1.82, 2.24) is 14.6 Å². The van der Waals surface area contributed by atoms with Crippen LogP contribution in [0.2, 0.25) is 0 Å². The number of likely N-dealkylation sites (N-methyl/N-ethyl adjacent to an activating group) is 1. The fraction of sp³-hybridized carbons (Fsp3) is 0.286. The molecule has 110 valence electrons. The van der Waals surface area contributed by atoms with Gasteiger partial charge in [-0.1, -0.05) is 23.5 Å². The van der Waals surface area contributed by atoms with Gasteiger partial charge in [0, 0.05) is 7.05 Å². The summed E-state index contributed by atoms with van der Waals surface area (Å²) in [4.78, 5) is 7.20. The van der Waals surface area contributed by atoms with Gasteiger partial charge in [0.25, 0.3) is 0 Å². The van der Waals surface area contributed by atoms with E-state index in [0.717, 1.165) is 15.8 Å². The summed E-state index contributed by atoms with van der Waals surface area (Å²) in [5.41, 5.74) is 0.950. The van der Waals surface area contributed by atoms with Crippen molar-refractivity contribution in [3.8, 4) is 5.75 Å². The van der Waals surface area contributed by atoms with E-state index in [0.29, 0.717) is 13.2 Å². The first-order valence-electron chi connectivity index (χ1n) is 6.55. The summed E-state index contributed by atoms with van der Waals surface area (Å²) in [6.07, 6.45) is 1.89. The Labute approximate surface area is 125 Å². The zero-order valence-electron chi connectivity index (χ0n) is 11.8. The molecule has 3 rings (SSSR count). The Morgan fingerprint density at radius 1 is 1.38 bits per heavy atom. The summed E-state index contributed by atoms with van der Waals surface area (Å²) in [5, 5.41) is 5.30. The van der Waals surface area contributed by atoms with Crippen molar-refractivity contribution in [3.05, 3.63) is 42.0 Å². The van der Waals surface area contributed by atoms with Crippen LogP contribution in [0.3, 0.4) is 0 Å². The standard InChI is InChI=1S/C14H15FN4OS/c1-10-9-19-13(16-10)21-14(17-19)18(2)7-8-20-12-6-4-3-5-11(12)15/h3-6,9H,7-8H2,1-2H3. The van der Waals surface area contributed by atoms with Crippen LogP contribution >= 0.6 is 11.3 Å². The molecule has 0 amide bonds. The highest BCUT2D eigenvalue weighted by atomic mass is 32.1. The molecule has 0 aliphatic heterocycles. The van der Waals surface area contributed by atoms with E-state index in [-0.39, 0.29) is 11.6 Å². The summed E-state index contributed by atoms with van der Waals surface area (Å²) < 4.78 is 20.6. The van der Waals surface area contributed by atoms with E-state index in [1.807, 2.05) is 25.1 Å². The molecule has 0 saturated carbocycles. The second kappa shape index (κ2) is 5.69. The van der Waals surface area contributed by atoms with Crippen LogP contribution in [0.5, 0.6) is 5.75 Å². The maximum absolute atomic E-state index is 13.4. The minimum atomic E-state index is -0.344. The highest BCUT2D eigenvalue weighted by Crippen LogP contribution is 2.22. The van der Waals surface area contributed by atoms with E-state index < -0.39 is 0 Å². The van der Waals surface area contributed by atoms with Crippen LogP contribution in [-0.4, -0.2) is 34.8 Å². The Morgan fingerprint density at radius 3 is 2.95 bits per heavy atom. The Morgan fingerprint density at radius 2 is 2.19 bits per heavy atom. The lowest BCUT2D eigenvalue weighted by atomic mass is 10.3. The Hall–Kier alpha value is -2.15. The summed E-state index contributed by atoms with van der Waals surface area (Å²) in [6, 6.07) is 6.40. The SMILES string of the molecule is Cc1cn2nc(N(C)CCOc3ccccc3F)sc2n1. The molecule has 0 fully saturated rings. The molecular formula is C14H15FN4OS. The van der Waals surface area contributed by atoms with Gasteiger partial charge in [0.1, 0.15) is 6.61 Å². The van der Waals surface area contributed by atoms with Crippen LogP contribution in [-0.2, 0) is 0 Å². The lowest BCUT2D eigenvalue weighted by Gasteiger charge is -2.15. The predicted molar refractivity (Wildman–Crippen MR) is 80.8 cm³/mol. The highest BCUT2D eigenvalue weighted by Gasteiger charge is 2.10. The number of halogens is 1. The summed E-state index contributed by atoms with van der Waals surface area (Å²) in [6.45, 7) is 2.94. The molecule has 0 radical (unpaired) electrons. The van der Waals surface area contributed by atoms with Crippen molar-refractivity contribution >= 4 is 21.4 Å².